The van der Waals surface area contributed by atoms with Gasteiger partial charge in [-0.05, 0) is 150 Å². The maximum atomic E-state index is 6.08. The number of hydrogen-bond acceptors (Lipinski definition) is 2. The quantitative estimate of drug-likeness (QED) is 0.154. The highest BCUT2D eigenvalue weighted by atomic mass is 14.5. The molecule has 0 heterocycles. The molecule has 0 radical (unpaired) electrons. The van der Waals surface area contributed by atoms with Gasteiger partial charge in [-0.1, -0.05) is 158 Å². The number of hydrogen-bond donors (Lipinski definition) is 2. The van der Waals surface area contributed by atoms with E-state index in [4.69, 9.17) is 11.5 Å². The van der Waals surface area contributed by atoms with E-state index in [-0.39, 0.29) is 0 Å². The van der Waals surface area contributed by atoms with Crippen molar-refractivity contribution in [2.45, 2.75) is 0 Å². The van der Waals surface area contributed by atoms with Gasteiger partial charge in [0.1, 0.15) is 0 Å². The molecule has 0 spiro atoms. The highest BCUT2D eigenvalue weighted by molar-refractivity contribution is 5.85. The van der Waals surface area contributed by atoms with Crippen LogP contribution in [0.3, 0.4) is 0 Å². The van der Waals surface area contributed by atoms with Gasteiger partial charge in [0.05, 0.1) is 0 Å². The molecule has 2 nitrogen and oxygen atoms in total. The summed E-state index contributed by atoms with van der Waals surface area (Å²) in [5.74, 6) is 0. The van der Waals surface area contributed by atoms with E-state index in [9.17, 15) is 0 Å². The molecule has 4 N–H and O–H groups in total. The van der Waals surface area contributed by atoms with Gasteiger partial charge >= 0.3 is 0 Å². The van der Waals surface area contributed by atoms with Crippen LogP contribution in [0, 0.1) is 0 Å². The first-order chi connectivity index (χ1) is 27.5. The molecule has 0 saturated heterocycles. The Balaban J connectivity index is 1.09. The molecule has 0 aromatic heterocycles. The average Bonchev–Trinajstić information content (AvgIpc) is 3.27. The molecule has 0 aliphatic rings. The van der Waals surface area contributed by atoms with Crippen LogP contribution >= 0.6 is 0 Å². The minimum Gasteiger partial charge on any atom is -0.399 e. The van der Waals surface area contributed by atoms with Crippen molar-refractivity contribution in [2.75, 3.05) is 11.5 Å². The fourth-order valence-corrected chi connectivity index (χ4v) is 7.43. The molecule has 0 fully saturated rings. The number of benzene rings is 9. The molecule has 2 heteroatoms. The summed E-state index contributed by atoms with van der Waals surface area (Å²) in [6.07, 6.45) is 0. The monoisotopic (exact) mass is 716 g/mol. The van der Waals surface area contributed by atoms with Crippen LogP contribution in [-0.2, 0) is 0 Å². The molecule has 9 rings (SSSR count). The second-order valence-corrected chi connectivity index (χ2v) is 14.3. The van der Waals surface area contributed by atoms with E-state index >= 15 is 0 Å². The largest absolute Gasteiger partial charge is 0.399 e. The van der Waals surface area contributed by atoms with Crippen molar-refractivity contribution < 1.29 is 0 Å². The van der Waals surface area contributed by atoms with Gasteiger partial charge in [0.15, 0.2) is 0 Å². The zero-order chi connectivity index (χ0) is 37.8. The third-order valence-electron chi connectivity index (χ3n) is 10.6. The summed E-state index contributed by atoms with van der Waals surface area (Å²) in [7, 11) is 0. The third-order valence-corrected chi connectivity index (χ3v) is 10.6. The SMILES string of the molecule is Nc1ccc(-c2cc(-c3ccc(-c4ccccc4)cc3)cc(-c3ccc(-c4cc(-c5ccc(N)cc5)cc(-c5ccc(-c6ccccc6)cc5)c4)cc3)c2)cc1. The fraction of sp³-hybridized carbons (Fsp3) is 0. The second-order valence-electron chi connectivity index (χ2n) is 14.3. The zero-order valence-electron chi connectivity index (χ0n) is 30.9. The van der Waals surface area contributed by atoms with Crippen molar-refractivity contribution in [3.63, 3.8) is 0 Å². The van der Waals surface area contributed by atoms with Gasteiger partial charge in [0, 0.05) is 11.4 Å². The Morgan fingerprint density at radius 1 is 0.161 bits per heavy atom. The van der Waals surface area contributed by atoms with Crippen LogP contribution in [-0.4, -0.2) is 0 Å². The summed E-state index contributed by atoms with van der Waals surface area (Å²) in [5, 5.41) is 0. The normalized spacial score (nSPS) is 11.0. The molecule has 0 aliphatic heterocycles. The van der Waals surface area contributed by atoms with E-state index in [0.717, 1.165) is 67.0 Å². The molecule has 9 aromatic rings. The van der Waals surface area contributed by atoms with Crippen molar-refractivity contribution in [1.29, 1.82) is 0 Å². The molecule has 56 heavy (non-hydrogen) atoms. The standard InChI is InChI=1S/C54H40N2/c55-53-27-23-45(24-28-53)51-33-47(41-15-11-39(12-16-41)37-7-3-1-4-8-37)31-49(35-51)43-19-21-44(22-20-43)50-32-48(34-52(36-50)46-25-29-54(56)30-26-46)42-17-13-40(14-18-42)38-9-5-2-6-10-38/h1-36H,55-56H2. The van der Waals surface area contributed by atoms with Gasteiger partial charge in [-0.25, -0.2) is 0 Å². The summed E-state index contributed by atoms with van der Waals surface area (Å²) in [6.45, 7) is 0. The van der Waals surface area contributed by atoms with Crippen molar-refractivity contribution >= 4 is 11.4 Å². The summed E-state index contributed by atoms with van der Waals surface area (Å²) in [4.78, 5) is 0. The predicted molar refractivity (Wildman–Crippen MR) is 239 cm³/mol. The van der Waals surface area contributed by atoms with Crippen molar-refractivity contribution in [1.82, 2.24) is 0 Å². The van der Waals surface area contributed by atoms with Crippen LogP contribution in [0.15, 0.2) is 218 Å². The van der Waals surface area contributed by atoms with E-state index in [0.29, 0.717) is 0 Å². The van der Waals surface area contributed by atoms with Crippen LogP contribution in [0.5, 0.6) is 0 Å². The maximum absolute atomic E-state index is 6.08. The first-order valence-corrected chi connectivity index (χ1v) is 19.0. The minimum atomic E-state index is 0.755. The molecule has 266 valence electrons. The molecule has 0 saturated carbocycles. The number of anilines is 2. The molecule has 0 atom stereocenters. The lowest BCUT2D eigenvalue weighted by atomic mass is 9.90. The van der Waals surface area contributed by atoms with Gasteiger partial charge in [-0.2, -0.15) is 0 Å². The lowest BCUT2D eigenvalue weighted by Gasteiger charge is -2.14. The lowest BCUT2D eigenvalue weighted by molar-refractivity contribution is 1.54. The highest BCUT2D eigenvalue weighted by Gasteiger charge is 2.12. The average molecular weight is 717 g/mol. The van der Waals surface area contributed by atoms with Crippen molar-refractivity contribution in [3.8, 4) is 89.0 Å². The van der Waals surface area contributed by atoms with E-state index in [1.165, 1.54) is 33.4 Å². The zero-order valence-corrected chi connectivity index (χ0v) is 30.9. The van der Waals surface area contributed by atoms with Gasteiger partial charge in [0.2, 0.25) is 0 Å². The lowest BCUT2D eigenvalue weighted by Crippen LogP contribution is -1.89. The van der Waals surface area contributed by atoms with Gasteiger partial charge in [0.25, 0.3) is 0 Å². The Morgan fingerprint density at radius 2 is 0.321 bits per heavy atom. The number of rotatable bonds is 8. The van der Waals surface area contributed by atoms with Crippen molar-refractivity contribution in [2.24, 2.45) is 0 Å². The van der Waals surface area contributed by atoms with E-state index in [1.807, 2.05) is 24.3 Å². The molecular weight excluding hydrogens is 677 g/mol. The molecular formula is C54H40N2. The van der Waals surface area contributed by atoms with Crippen molar-refractivity contribution in [3.05, 3.63) is 218 Å². The predicted octanol–water partition coefficient (Wildman–Crippen LogP) is 14.2. The van der Waals surface area contributed by atoms with Gasteiger partial charge in [-0.3, -0.25) is 0 Å². The van der Waals surface area contributed by atoms with Crippen LogP contribution in [0.1, 0.15) is 0 Å². The van der Waals surface area contributed by atoms with Gasteiger partial charge < -0.3 is 11.5 Å². The van der Waals surface area contributed by atoms with E-state index < -0.39 is 0 Å². The Kier molecular flexibility index (Phi) is 9.29. The minimum absolute atomic E-state index is 0.755. The molecule has 9 aromatic carbocycles. The smallest absolute Gasteiger partial charge is 0.0314 e. The molecule has 0 unspecified atom stereocenters. The highest BCUT2D eigenvalue weighted by Crippen LogP contribution is 2.37. The third kappa shape index (κ3) is 7.37. The fourth-order valence-electron chi connectivity index (χ4n) is 7.43. The number of nitrogen functional groups attached to an aromatic ring is 2. The van der Waals surface area contributed by atoms with E-state index in [1.54, 1.807) is 0 Å². The summed E-state index contributed by atoms with van der Waals surface area (Å²) < 4.78 is 0. The Bertz CT molecular complexity index is 2540. The topological polar surface area (TPSA) is 52.0 Å². The van der Waals surface area contributed by atoms with Gasteiger partial charge in [-0.15, -0.1) is 0 Å². The van der Waals surface area contributed by atoms with Crippen LogP contribution in [0.4, 0.5) is 11.4 Å². The van der Waals surface area contributed by atoms with Crippen LogP contribution in [0.2, 0.25) is 0 Å². The first kappa shape index (κ1) is 34.4. The summed E-state index contributed by atoms with van der Waals surface area (Å²) in [5.41, 5.74) is 32.3. The Hall–Kier alpha value is -7.42. The maximum Gasteiger partial charge on any atom is 0.0314 e. The number of nitrogens with two attached hydrogens (primary N) is 2. The molecule has 0 amide bonds. The summed E-state index contributed by atoms with van der Waals surface area (Å²) in [6, 6.07) is 77.7. The molecule has 0 aliphatic carbocycles. The van der Waals surface area contributed by atoms with Crippen LogP contribution < -0.4 is 11.5 Å². The summed E-state index contributed by atoms with van der Waals surface area (Å²) >= 11 is 0. The van der Waals surface area contributed by atoms with Crippen LogP contribution in [0.25, 0.3) is 89.0 Å². The Labute approximate surface area is 329 Å². The molecule has 0 bridgehead atoms. The Morgan fingerprint density at radius 3 is 0.536 bits per heavy atom. The second kappa shape index (κ2) is 15.1. The van der Waals surface area contributed by atoms with E-state index in [2.05, 4.69) is 194 Å². The first-order valence-electron chi connectivity index (χ1n) is 19.0.